The Morgan fingerprint density at radius 3 is 2.73 bits per heavy atom. The average molecular weight is 614 g/mol. The van der Waals surface area contributed by atoms with Gasteiger partial charge in [0.05, 0.1) is 12.2 Å². The molecule has 4 fully saturated rings. The number of nitrogens with two attached hydrogens (primary N) is 1. The summed E-state index contributed by atoms with van der Waals surface area (Å²) in [6.45, 7) is 7.81. The zero-order valence-electron chi connectivity index (χ0n) is 26.4. The van der Waals surface area contributed by atoms with Gasteiger partial charge < -0.3 is 30.2 Å². The molecule has 0 bridgehead atoms. The number of hydrogen-bond donors (Lipinski definition) is 3. The second kappa shape index (κ2) is 10.6. The highest BCUT2D eigenvalue weighted by molar-refractivity contribution is 6.01. The number of ether oxygens (including phenoxy) is 3. The lowest BCUT2D eigenvalue weighted by Gasteiger charge is -2.59. The van der Waals surface area contributed by atoms with Crippen molar-refractivity contribution in [2.75, 3.05) is 12.3 Å². The van der Waals surface area contributed by atoms with Gasteiger partial charge in [-0.15, -0.1) is 0 Å². The van der Waals surface area contributed by atoms with E-state index in [1.807, 2.05) is 56.3 Å². The number of hydrogen-bond acceptors (Lipinski definition) is 8. The minimum absolute atomic E-state index is 0.00313. The maximum absolute atomic E-state index is 13.9. The first-order chi connectivity index (χ1) is 21.4. The van der Waals surface area contributed by atoms with E-state index in [0.717, 1.165) is 40.7 Å². The molecular formula is C37H43NO7. The number of fused-ring (bicyclic) bond motifs is 7. The van der Waals surface area contributed by atoms with Gasteiger partial charge in [-0.05, 0) is 98.4 Å². The molecule has 0 aromatic heterocycles. The van der Waals surface area contributed by atoms with Gasteiger partial charge in [-0.1, -0.05) is 43.7 Å². The number of nitrogen functional groups attached to an aromatic ring is 1. The molecule has 7 rings (SSSR count). The highest BCUT2D eigenvalue weighted by Gasteiger charge is 2.76. The topological polar surface area (TPSA) is 128 Å². The van der Waals surface area contributed by atoms with E-state index in [2.05, 4.69) is 13.8 Å². The molecule has 8 heteroatoms. The Balaban J connectivity index is 1.21. The van der Waals surface area contributed by atoms with Crippen LogP contribution in [0.5, 0.6) is 5.75 Å². The summed E-state index contributed by atoms with van der Waals surface area (Å²) in [6.07, 6.45) is 5.72. The number of anilines is 1. The van der Waals surface area contributed by atoms with Crippen LogP contribution in [0.4, 0.5) is 5.69 Å². The molecule has 238 valence electrons. The van der Waals surface area contributed by atoms with Crippen LogP contribution in [0.3, 0.4) is 0 Å². The normalized spacial score (nSPS) is 38.2. The summed E-state index contributed by atoms with van der Waals surface area (Å²) in [6, 6.07) is 11.5. The summed E-state index contributed by atoms with van der Waals surface area (Å²) in [5, 5.41) is 22.3. The van der Waals surface area contributed by atoms with Gasteiger partial charge in [0, 0.05) is 28.0 Å². The van der Waals surface area contributed by atoms with E-state index in [-0.39, 0.29) is 23.5 Å². The maximum Gasteiger partial charge on any atom is 0.193 e. The van der Waals surface area contributed by atoms with Crippen LogP contribution in [-0.4, -0.2) is 46.2 Å². The maximum atomic E-state index is 13.9. The number of carbonyl (C=O) groups excluding carboxylic acids is 2. The van der Waals surface area contributed by atoms with Gasteiger partial charge in [-0.25, -0.2) is 0 Å². The van der Waals surface area contributed by atoms with Gasteiger partial charge >= 0.3 is 0 Å². The van der Waals surface area contributed by atoms with E-state index < -0.39 is 47.3 Å². The summed E-state index contributed by atoms with van der Waals surface area (Å²) < 4.78 is 19.8. The molecule has 9 atom stereocenters. The van der Waals surface area contributed by atoms with Gasteiger partial charge in [0.2, 0.25) is 0 Å². The lowest BCUT2D eigenvalue weighted by molar-refractivity contribution is -0.201. The van der Waals surface area contributed by atoms with E-state index in [0.29, 0.717) is 30.9 Å². The number of Topliss-reactive ketones (excluding diaryl/α,β-unsaturated/α-hetero) is 1. The van der Waals surface area contributed by atoms with Crippen molar-refractivity contribution in [3.05, 3.63) is 82.5 Å². The van der Waals surface area contributed by atoms with E-state index in [1.54, 1.807) is 12.2 Å². The van der Waals surface area contributed by atoms with Gasteiger partial charge in [0.1, 0.15) is 19.0 Å². The van der Waals surface area contributed by atoms with Crippen molar-refractivity contribution < 1.29 is 34.0 Å². The van der Waals surface area contributed by atoms with E-state index >= 15 is 0 Å². The number of benzene rings is 2. The Bertz CT molecular complexity index is 1630. The fourth-order valence-electron chi connectivity index (χ4n) is 10.0. The largest absolute Gasteiger partial charge is 0.489 e. The predicted octanol–water partition coefficient (Wildman–Crippen LogP) is 5.07. The summed E-state index contributed by atoms with van der Waals surface area (Å²) in [4.78, 5) is 26.2. The first kappa shape index (κ1) is 30.4. The Labute approximate surface area is 264 Å². The Morgan fingerprint density at radius 2 is 1.98 bits per heavy atom. The molecule has 0 spiro atoms. The molecular weight excluding hydrogens is 570 g/mol. The summed E-state index contributed by atoms with van der Waals surface area (Å²) in [5.41, 5.74) is 8.68. The molecule has 0 unspecified atom stereocenters. The summed E-state index contributed by atoms with van der Waals surface area (Å²) in [7, 11) is 0. The van der Waals surface area contributed by atoms with Gasteiger partial charge in [-0.2, -0.15) is 0 Å². The Kier molecular flexibility index (Phi) is 7.17. The number of aliphatic hydroxyl groups excluding tert-OH is 2. The molecule has 4 N–H and O–H groups in total. The molecule has 45 heavy (non-hydrogen) atoms. The minimum Gasteiger partial charge on any atom is -0.489 e. The molecule has 5 aliphatic rings. The van der Waals surface area contributed by atoms with Crippen LogP contribution in [0.25, 0.3) is 0 Å². The highest BCUT2D eigenvalue weighted by atomic mass is 16.7. The standard InChI is InChI=1S/C37H43NO7/c1-20-8-11-29(43-19-22-6-5-7-24(38)14-22)21(2)32(20)34-44-31-16-27-26-10-9-23-15-25(40)12-13-35(23,3)33(26)28(41)17-36(27,4)37(31,45-34)30(42)18-39/h5-8,11-15,26-28,31,33-34,39,41H,9-10,16-19,38H2,1-4H3/t26-,27-,28-,31+,33+,34+,35-,36-,37+/m0/s1. The second-order valence-corrected chi connectivity index (χ2v) is 14.3. The number of aliphatic hydroxyl groups is 2. The molecule has 1 aliphatic heterocycles. The first-order valence-electron chi connectivity index (χ1n) is 16.1. The van der Waals surface area contributed by atoms with Crippen molar-refractivity contribution in [2.24, 2.45) is 28.6 Å². The van der Waals surface area contributed by atoms with Gasteiger partial charge in [0.15, 0.2) is 23.5 Å². The molecule has 4 aliphatic carbocycles. The predicted molar refractivity (Wildman–Crippen MR) is 168 cm³/mol. The smallest absolute Gasteiger partial charge is 0.193 e. The monoisotopic (exact) mass is 613 g/mol. The third kappa shape index (κ3) is 4.33. The van der Waals surface area contributed by atoms with E-state index in [4.69, 9.17) is 19.9 Å². The molecule has 0 amide bonds. The van der Waals surface area contributed by atoms with Crippen molar-refractivity contribution in [1.82, 2.24) is 0 Å². The Morgan fingerprint density at radius 1 is 1.18 bits per heavy atom. The lowest BCUT2D eigenvalue weighted by atomic mass is 9.46. The third-order valence-electron chi connectivity index (χ3n) is 12.1. The average Bonchev–Trinajstić information content (AvgIpc) is 3.49. The highest BCUT2D eigenvalue weighted by Crippen LogP contribution is 2.70. The van der Waals surface area contributed by atoms with Crippen LogP contribution in [0, 0.1) is 42.4 Å². The van der Waals surface area contributed by atoms with Crippen LogP contribution in [0.2, 0.25) is 0 Å². The fourth-order valence-corrected chi connectivity index (χ4v) is 10.0. The summed E-state index contributed by atoms with van der Waals surface area (Å²) >= 11 is 0. The zero-order chi connectivity index (χ0) is 31.9. The molecule has 0 radical (unpaired) electrons. The number of aryl methyl sites for hydroxylation is 1. The summed E-state index contributed by atoms with van der Waals surface area (Å²) in [5.74, 6) is 0.326. The minimum atomic E-state index is -1.41. The molecule has 1 saturated heterocycles. The first-order valence-corrected chi connectivity index (χ1v) is 16.1. The van der Waals surface area contributed by atoms with Crippen LogP contribution in [0.15, 0.2) is 60.2 Å². The van der Waals surface area contributed by atoms with Crippen molar-refractivity contribution in [1.29, 1.82) is 0 Å². The SMILES string of the molecule is Cc1ccc(OCc2cccc(N)c2)c(C)c1[C@@H]1O[C@@H]2C[C@H]3[C@@H]4CCC5=CC(=O)C=C[C@]5(C)[C@H]4[C@@H](O)C[C@]3(C)[C@]2(C(=O)CO)O1. The van der Waals surface area contributed by atoms with E-state index in [9.17, 15) is 19.8 Å². The van der Waals surface area contributed by atoms with Gasteiger partial charge in [-0.3, -0.25) is 9.59 Å². The molecule has 2 aromatic carbocycles. The van der Waals surface area contributed by atoms with Crippen LogP contribution >= 0.6 is 0 Å². The van der Waals surface area contributed by atoms with Crippen molar-refractivity contribution in [3.63, 3.8) is 0 Å². The number of carbonyl (C=O) groups is 2. The fraction of sp³-hybridized carbons (Fsp3) is 0.514. The second-order valence-electron chi connectivity index (χ2n) is 14.3. The van der Waals surface area contributed by atoms with E-state index in [1.165, 1.54) is 0 Å². The van der Waals surface area contributed by atoms with Crippen LogP contribution in [0.1, 0.15) is 68.1 Å². The lowest BCUT2D eigenvalue weighted by Crippen LogP contribution is -2.63. The van der Waals surface area contributed by atoms with Crippen LogP contribution in [-0.2, 0) is 25.7 Å². The Hall–Kier alpha value is -3.30. The quantitative estimate of drug-likeness (QED) is 0.386. The molecule has 3 saturated carbocycles. The van der Waals surface area contributed by atoms with Crippen molar-refractivity contribution in [3.8, 4) is 5.75 Å². The van der Waals surface area contributed by atoms with Crippen LogP contribution < -0.4 is 10.5 Å². The van der Waals surface area contributed by atoms with Crippen molar-refractivity contribution in [2.45, 2.75) is 84.1 Å². The number of ketones is 2. The number of rotatable bonds is 6. The van der Waals surface area contributed by atoms with Crippen molar-refractivity contribution >= 4 is 17.3 Å². The zero-order valence-corrected chi connectivity index (χ0v) is 26.4. The third-order valence-corrected chi connectivity index (χ3v) is 12.1. The van der Waals surface area contributed by atoms with Gasteiger partial charge in [0.25, 0.3) is 0 Å². The molecule has 2 aromatic rings. The molecule has 8 nitrogen and oxygen atoms in total. The number of allylic oxidation sites excluding steroid dienone is 4. The molecule has 1 heterocycles.